The molecule has 6 nitrogen and oxygen atoms in total. The van der Waals surface area contributed by atoms with Gasteiger partial charge in [0.25, 0.3) is 0 Å². The second kappa shape index (κ2) is 14.1. The first-order valence-electron chi connectivity index (χ1n) is 12.3. The van der Waals surface area contributed by atoms with Crippen molar-refractivity contribution in [2.45, 2.75) is 52.1 Å². The fourth-order valence-electron chi connectivity index (χ4n) is 3.63. The van der Waals surface area contributed by atoms with Crippen LogP contribution in [-0.2, 0) is 16.8 Å². The van der Waals surface area contributed by atoms with Crippen molar-refractivity contribution in [1.82, 2.24) is 5.32 Å². The molecule has 36 heavy (non-hydrogen) atoms. The number of carbonyl (C=O) groups excluding carboxylic acids is 1. The Labute approximate surface area is 215 Å². The van der Waals surface area contributed by atoms with Crippen molar-refractivity contribution in [2.24, 2.45) is 5.73 Å². The van der Waals surface area contributed by atoms with Crippen molar-refractivity contribution in [3.63, 3.8) is 0 Å². The fraction of sp³-hybridized carbons (Fsp3) is 0.367. The summed E-state index contributed by atoms with van der Waals surface area (Å²) in [5.74, 6) is 2.31. The summed E-state index contributed by atoms with van der Waals surface area (Å²) in [6.45, 7) is 9.90. The van der Waals surface area contributed by atoms with E-state index in [0.717, 1.165) is 46.8 Å². The Morgan fingerprint density at radius 2 is 1.56 bits per heavy atom. The van der Waals surface area contributed by atoms with Crippen molar-refractivity contribution in [3.8, 4) is 17.2 Å². The normalized spacial score (nSPS) is 11.5. The van der Waals surface area contributed by atoms with Gasteiger partial charge >= 0.3 is 0 Å². The first-order valence-corrected chi connectivity index (χ1v) is 12.3. The topological polar surface area (TPSA) is 82.8 Å². The molecule has 0 heterocycles. The van der Waals surface area contributed by atoms with E-state index < -0.39 is 0 Å². The maximum absolute atomic E-state index is 10.1. The minimum absolute atomic E-state index is 0.233. The number of nitrogens with one attached hydrogen (secondary N) is 1. The monoisotopic (exact) mass is 492 g/mol. The average Bonchev–Trinajstić information content (AvgIpc) is 2.92. The largest absolute Gasteiger partial charge is 0.497 e. The van der Waals surface area contributed by atoms with Gasteiger partial charge in [-0.25, -0.2) is 0 Å². The van der Waals surface area contributed by atoms with Crippen LogP contribution in [0.3, 0.4) is 0 Å². The predicted octanol–water partition coefficient (Wildman–Crippen LogP) is 5.77. The lowest BCUT2D eigenvalue weighted by Crippen LogP contribution is -2.15. The predicted molar refractivity (Wildman–Crippen MR) is 146 cm³/mol. The van der Waals surface area contributed by atoms with Crippen LogP contribution in [0.25, 0.3) is 0 Å². The van der Waals surface area contributed by atoms with E-state index in [1.165, 1.54) is 5.56 Å². The molecule has 0 saturated carbocycles. The average molecular weight is 493 g/mol. The molecule has 0 aliphatic rings. The highest BCUT2D eigenvalue weighted by molar-refractivity contribution is 5.47. The van der Waals surface area contributed by atoms with E-state index in [9.17, 15) is 4.79 Å². The van der Waals surface area contributed by atoms with Crippen LogP contribution in [0.1, 0.15) is 62.4 Å². The molecule has 1 unspecified atom stereocenters. The van der Waals surface area contributed by atoms with E-state index in [1.54, 1.807) is 14.2 Å². The molecule has 0 fully saturated rings. The number of hydrogen-bond donors (Lipinski definition) is 2. The van der Waals surface area contributed by atoms with Gasteiger partial charge in [-0.15, -0.1) is 0 Å². The smallest absolute Gasteiger partial charge is 0.207 e. The molecule has 1 atom stereocenters. The van der Waals surface area contributed by atoms with Crippen LogP contribution in [0.2, 0.25) is 0 Å². The van der Waals surface area contributed by atoms with Crippen LogP contribution in [0.15, 0.2) is 66.7 Å². The molecule has 0 spiro atoms. The maximum Gasteiger partial charge on any atom is 0.207 e. The molecule has 0 aliphatic heterocycles. The number of ether oxygens (including phenoxy) is 3. The molecule has 0 aromatic heterocycles. The number of methoxy groups -OCH3 is 2. The van der Waals surface area contributed by atoms with Crippen molar-refractivity contribution in [1.29, 1.82) is 0 Å². The molecule has 0 saturated heterocycles. The Morgan fingerprint density at radius 3 is 2.08 bits per heavy atom. The SMILES string of the molecule is CCC(C)(C)c1ccc(CNC=O)cc1.CCOc1ccc(C(N)c2ccc(OC)cc2OC)cc1. The lowest BCUT2D eigenvalue weighted by atomic mass is 9.82. The summed E-state index contributed by atoms with van der Waals surface area (Å²) in [5, 5.41) is 2.66. The third-order valence-electron chi connectivity index (χ3n) is 6.33. The van der Waals surface area contributed by atoms with Crippen LogP contribution < -0.4 is 25.3 Å². The van der Waals surface area contributed by atoms with Crippen LogP contribution in [0, 0.1) is 0 Å². The Balaban J connectivity index is 0.000000269. The number of rotatable bonds is 11. The summed E-state index contributed by atoms with van der Waals surface area (Å²) < 4.78 is 16.0. The van der Waals surface area contributed by atoms with Gasteiger partial charge in [0, 0.05) is 18.2 Å². The van der Waals surface area contributed by atoms with E-state index in [-0.39, 0.29) is 11.5 Å². The second-order valence-electron chi connectivity index (χ2n) is 9.02. The Bertz CT molecular complexity index is 1060. The molecule has 3 aromatic carbocycles. The minimum atomic E-state index is -0.262. The number of hydrogen-bond acceptors (Lipinski definition) is 5. The molecule has 0 aliphatic carbocycles. The van der Waals surface area contributed by atoms with Gasteiger partial charge in [-0.05, 0) is 59.7 Å². The number of benzene rings is 3. The Kier molecular flexibility index (Phi) is 11.3. The van der Waals surface area contributed by atoms with Crippen molar-refractivity contribution >= 4 is 6.41 Å². The highest BCUT2D eigenvalue weighted by Crippen LogP contribution is 2.32. The van der Waals surface area contributed by atoms with Gasteiger partial charge in [0.05, 0.1) is 26.9 Å². The quantitative estimate of drug-likeness (QED) is 0.332. The molecular weight excluding hydrogens is 452 g/mol. The number of nitrogens with two attached hydrogens (primary N) is 1. The molecule has 3 aromatic rings. The standard InChI is InChI=1S/C17H21NO3.C13H19NO/c1-4-21-13-7-5-12(6-8-13)17(18)15-10-9-14(19-2)11-16(15)20-3;1-4-13(2,3)12-7-5-11(6-8-12)9-14-10-15/h5-11,17H,4,18H2,1-3H3;5-8,10H,4,9H2,1-3H3,(H,14,15). The highest BCUT2D eigenvalue weighted by atomic mass is 16.5. The van der Waals surface area contributed by atoms with Crippen LogP contribution in [-0.4, -0.2) is 27.2 Å². The van der Waals surface area contributed by atoms with E-state index in [1.807, 2.05) is 49.4 Å². The van der Waals surface area contributed by atoms with Crippen molar-refractivity contribution in [2.75, 3.05) is 20.8 Å². The fourth-order valence-corrected chi connectivity index (χ4v) is 3.63. The molecule has 194 valence electrons. The number of carbonyl (C=O) groups is 1. The molecule has 0 bridgehead atoms. The van der Waals surface area contributed by atoms with Gasteiger partial charge in [-0.1, -0.05) is 57.2 Å². The molecule has 0 radical (unpaired) electrons. The third-order valence-corrected chi connectivity index (χ3v) is 6.33. The van der Waals surface area contributed by atoms with Gasteiger partial charge < -0.3 is 25.3 Å². The minimum Gasteiger partial charge on any atom is -0.497 e. The van der Waals surface area contributed by atoms with Crippen LogP contribution in [0.4, 0.5) is 0 Å². The van der Waals surface area contributed by atoms with Gasteiger partial charge in [-0.3, -0.25) is 4.79 Å². The van der Waals surface area contributed by atoms with Gasteiger partial charge in [0.15, 0.2) is 0 Å². The zero-order chi connectivity index (χ0) is 26.6. The highest BCUT2D eigenvalue weighted by Gasteiger charge is 2.17. The molecule has 6 heteroatoms. The Hall–Kier alpha value is -3.51. The summed E-state index contributed by atoms with van der Waals surface area (Å²) >= 11 is 0. The van der Waals surface area contributed by atoms with Gasteiger partial charge in [0.1, 0.15) is 17.2 Å². The van der Waals surface area contributed by atoms with Crippen molar-refractivity contribution in [3.05, 3.63) is 89.0 Å². The molecule has 1 amide bonds. The number of amides is 1. The zero-order valence-corrected chi connectivity index (χ0v) is 22.3. The van der Waals surface area contributed by atoms with Gasteiger partial charge in [0.2, 0.25) is 6.41 Å². The maximum atomic E-state index is 10.1. The first kappa shape index (κ1) is 28.7. The van der Waals surface area contributed by atoms with E-state index >= 15 is 0 Å². The summed E-state index contributed by atoms with van der Waals surface area (Å²) in [5.41, 5.74) is 11.0. The summed E-state index contributed by atoms with van der Waals surface area (Å²) in [6, 6.07) is 21.6. The summed E-state index contributed by atoms with van der Waals surface area (Å²) in [7, 11) is 3.25. The molecule has 3 rings (SSSR count). The van der Waals surface area contributed by atoms with Crippen LogP contribution in [0.5, 0.6) is 17.2 Å². The third kappa shape index (κ3) is 8.02. The van der Waals surface area contributed by atoms with E-state index in [0.29, 0.717) is 13.2 Å². The Morgan fingerprint density at radius 1 is 0.917 bits per heavy atom. The van der Waals surface area contributed by atoms with E-state index in [4.69, 9.17) is 19.9 Å². The van der Waals surface area contributed by atoms with Crippen molar-refractivity contribution < 1.29 is 19.0 Å². The zero-order valence-electron chi connectivity index (χ0n) is 22.3. The molecular formula is C30H40N2O4. The second-order valence-corrected chi connectivity index (χ2v) is 9.02. The first-order chi connectivity index (χ1) is 17.3. The summed E-state index contributed by atoms with van der Waals surface area (Å²) in [6.07, 6.45) is 1.85. The lowest BCUT2D eigenvalue weighted by molar-refractivity contribution is -0.109. The van der Waals surface area contributed by atoms with Gasteiger partial charge in [-0.2, -0.15) is 0 Å². The van der Waals surface area contributed by atoms with E-state index in [2.05, 4.69) is 50.4 Å². The summed E-state index contributed by atoms with van der Waals surface area (Å²) in [4.78, 5) is 10.1. The van der Waals surface area contributed by atoms with Crippen LogP contribution >= 0.6 is 0 Å². The molecule has 3 N–H and O–H groups in total. The lowest BCUT2D eigenvalue weighted by Gasteiger charge is -2.23.